The molecule has 5 aromatic rings. The summed E-state index contributed by atoms with van der Waals surface area (Å²) in [5.41, 5.74) is 2.40. The van der Waals surface area contributed by atoms with Crippen LogP contribution in [0.5, 0.6) is 0 Å². The number of hydrogen-bond donors (Lipinski definition) is 0. The van der Waals surface area contributed by atoms with Crippen LogP contribution in [0.25, 0.3) is 27.6 Å². The molecular formula is C23H15Br3Cl3N9. The summed E-state index contributed by atoms with van der Waals surface area (Å²) in [6.07, 6.45) is 0. The van der Waals surface area contributed by atoms with E-state index >= 15 is 0 Å². The maximum atomic E-state index is 6.67. The van der Waals surface area contributed by atoms with Crippen LogP contribution in [0.3, 0.4) is 0 Å². The van der Waals surface area contributed by atoms with Crippen molar-refractivity contribution in [2.75, 3.05) is 0 Å². The zero-order valence-electron chi connectivity index (χ0n) is 19.5. The van der Waals surface area contributed by atoms with Gasteiger partial charge in [-0.3, -0.25) is 0 Å². The van der Waals surface area contributed by atoms with Crippen LogP contribution in [0.1, 0.15) is 0 Å². The van der Waals surface area contributed by atoms with Gasteiger partial charge < -0.3 is 0 Å². The predicted molar refractivity (Wildman–Crippen MR) is 159 cm³/mol. The summed E-state index contributed by atoms with van der Waals surface area (Å²) in [7, 11) is 3.51. The van der Waals surface area contributed by atoms with Crippen molar-refractivity contribution in [2.24, 2.45) is 14.1 Å². The lowest BCUT2D eigenvalue weighted by molar-refractivity contribution is 0.630. The minimum atomic E-state index is 0.588. The van der Waals surface area contributed by atoms with E-state index in [4.69, 9.17) is 41.4 Å². The lowest BCUT2D eigenvalue weighted by Crippen LogP contribution is -1.94. The highest BCUT2D eigenvalue weighted by Gasteiger charge is 2.08. The number of aryl methyl sites for hydroxylation is 2. The van der Waals surface area contributed by atoms with Crippen molar-refractivity contribution in [3.8, 4) is 22.8 Å². The molecule has 0 aliphatic heterocycles. The lowest BCUT2D eigenvalue weighted by atomic mass is 10.2. The molecule has 0 aliphatic carbocycles. The van der Waals surface area contributed by atoms with Crippen molar-refractivity contribution in [1.82, 2.24) is 40.4 Å². The number of rotatable bonds is 2. The van der Waals surface area contributed by atoms with Gasteiger partial charge in [0.2, 0.25) is 5.82 Å². The fourth-order valence-electron chi connectivity index (χ4n) is 2.70. The second kappa shape index (κ2) is 14.1. The van der Waals surface area contributed by atoms with Gasteiger partial charge in [-0.25, -0.2) is 9.53 Å². The SMILES string of the molecule is Cn1nnc(-c2ccc(Cl)c(Br)c2)n1.Cn1nnnc1-c1ccc(Cl)c(Br)c1.[C-]#[N+]c1ccc(Cl)c(Br)c1. The standard InChI is InChI=1S/2C8H6BrClN4.C7H3BrClN/c1-14-8(11-12-13-14)5-2-3-7(10)6(9)4-5;1-14-12-8(11-13-14)5-2-3-7(10)6(9)4-5;1-10-5-2-3-7(9)6(8)4-5/h2*2-4H,1H3;2-4H. The van der Waals surface area contributed by atoms with E-state index in [-0.39, 0.29) is 0 Å². The Bertz CT molecular complexity index is 1600. The first kappa shape index (κ1) is 30.1. The van der Waals surface area contributed by atoms with Gasteiger partial charge in [-0.15, -0.1) is 15.3 Å². The molecule has 15 heteroatoms. The molecule has 0 amide bonds. The molecule has 0 fully saturated rings. The number of aromatic nitrogens is 8. The van der Waals surface area contributed by atoms with Gasteiger partial charge in [-0.05, 0) is 90.0 Å². The summed E-state index contributed by atoms with van der Waals surface area (Å²) < 4.78 is 4.03. The van der Waals surface area contributed by atoms with Crippen LogP contribution in [0, 0.1) is 6.57 Å². The van der Waals surface area contributed by atoms with Crippen molar-refractivity contribution in [3.63, 3.8) is 0 Å². The van der Waals surface area contributed by atoms with Gasteiger partial charge in [0.05, 0.1) is 28.7 Å². The Labute approximate surface area is 258 Å². The number of tetrazole rings is 2. The summed E-state index contributed by atoms with van der Waals surface area (Å²) in [5, 5.41) is 24.9. The molecule has 194 valence electrons. The molecule has 0 radical (unpaired) electrons. The maximum absolute atomic E-state index is 6.67. The first-order valence-electron chi connectivity index (χ1n) is 10.3. The minimum absolute atomic E-state index is 0.588. The zero-order chi connectivity index (χ0) is 27.8. The average Bonchev–Trinajstić information content (AvgIpc) is 3.53. The van der Waals surface area contributed by atoms with Gasteiger partial charge >= 0.3 is 0 Å². The van der Waals surface area contributed by atoms with E-state index in [1.54, 1.807) is 49.1 Å². The number of benzene rings is 3. The summed E-state index contributed by atoms with van der Waals surface area (Å²) in [4.78, 5) is 4.65. The highest BCUT2D eigenvalue weighted by Crippen LogP contribution is 2.28. The number of hydrogen-bond acceptors (Lipinski definition) is 6. The first-order chi connectivity index (χ1) is 18.1. The average molecular weight is 764 g/mol. The topological polar surface area (TPSA) is 91.6 Å². The Morgan fingerprint density at radius 1 is 0.737 bits per heavy atom. The molecule has 0 N–H and O–H groups in total. The van der Waals surface area contributed by atoms with Gasteiger partial charge in [-0.2, -0.15) is 4.80 Å². The summed E-state index contributed by atoms with van der Waals surface area (Å²) in [6, 6.07) is 16.1. The number of nitrogens with zero attached hydrogens (tertiary/aromatic N) is 9. The van der Waals surface area contributed by atoms with Crippen LogP contribution >= 0.6 is 82.6 Å². The Kier molecular flexibility index (Phi) is 11.2. The van der Waals surface area contributed by atoms with Crippen LogP contribution in [-0.4, -0.2) is 40.4 Å². The molecule has 0 saturated carbocycles. The van der Waals surface area contributed by atoms with Crippen LogP contribution in [0.4, 0.5) is 5.69 Å². The largest absolute Gasteiger partial charge is 0.238 e. The third-order valence-corrected chi connectivity index (χ3v) is 8.16. The van der Waals surface area contributed by atoms with E-state index in [1.165, 1.54) is 4.80 Å². The van der Waals surface area contributed by atoms with Crippen molar-refractivity contribution in [3.05, 3.63) is 94.5 Å². The lowest BCUT2D eigenvalue weighted by Gasteiger charge is -2.00. The molecule has 0 unspecified atom stereocenters. The third kappa shape index (κ3) is 8.30. The molecule has 2 aromatic heterocycles. The van der Waals surface area contributed by atoms with Gasteiger partial charge in [0.1, 0.15) is 0 Å². The van der Waals surface area contributed by atoms with Crippen molar-refractivity contribution < 1.29 is 0 Å². The van der Waals surface area contributed by atoms with Crippen LogP contribution in [0.15, 0.2) is 68.0 Å². The van der Waals surface area contributed by atoms with E-state index in [0.717, 1.165) is 24.5 Å². The van der Waals surface area contributed by atoms with Gasteiger partial charge in [0.15, 0.2) is 11.5 Å². The monoisotopic (exact) mass is 759 g/mol. The molecule has 0 aliphatic rings. The van der Waals surface area contributed by atoms with Crippen LogP contribution in [0.2, 0.25) is 15.1 Å². The fraction of sp³-hybridized carbons (Fsp3) is 0.0870. The predicted octanol–water partition coefficient (Wildman–Crippen LogP) is 8.24. The molecule has 5 rings (SSSR count). The van der Waals surface area contributed by atoms with Crippen molar-refractivity contribution in [1.29, 1.82) is 0 Å². The van der Waals surface area contributed by atoms with Gasteiger partial charge in [0.25, 0.3) is 0 Å². The van der Waals surface area contributed by atoms with Crippen LogP contribution in [-0.2, 0) is 14.1 Å². The van der Waals surface area contributed by atoms with E-state index in [9.17, 15) is 0 Å². The van der Waals surface area contributed by atoms with Gasteiger partial charge in [0, 0.05) is 31.6 Å². The molecular weight excluding hydrogens is 748 g/mol. The Morgan fingerprint density at radius 3 is 1.76 bits per heavy atom. The second-order valence-corrected chi connectivity index (χ2v) is 11.0. The molecule has 0 spiro atoms. The Hall–Kier alpha value is -2.40. The third-order valence-electron chi connectivity index (χ3n) is 4.52. The van der Waals surface area contributed by atoms with E-state index in [0.29, 0.717) is 32.4 Å². The minimum Gasteiger partial charge on any atom is -0.238 e. The van der Waals surface area contributed by atoms with Crippen molar-refractivity contribution >= 4 is 88.3 Å². The Morgan fingerprint density at radius 2 is 1.29 bits per heavy atom. The van der Waals surface area contributed by atoms with E-state index < -0.39 is 0 Å². The van der Waals surface area contributed by atoms with E-state index in [1.807, 2.05) is 24.3 Å². The molecule has 0 saturated heterocycles. The van der Waals surface area contributed by atoms with Gasteiger partial charge in [-0.1, -0.05) is 62.9 Å². The molecule has 3 aromatic carbocycles. The quantitative estimate of drug-likeness (QED) is 0.168. The molecule has 2 heterocycles. The van der Waals surface area contributed by atoms with E-state index in [2.05, 4.69) is 83.6 Å². The maximum Gasteiger partial charge on any atom is 0.204 e. The molecule has 9 nitrogen and oxygen atoms in total. The first-order valence-corrected chi connectivity index (χ1v) is 13.8. The highest BCUT2D eigenvalue weighted by molar-refractivity contribution is 9.11. The molecule has 38 heavy (non-hydrogen) atoms. The number of halogens is 6. The Balaban J connectivity index is 0.000000161. The summed E-state index contributed by atoms with van der Waals surface area (Å²) >= 11 is 27.3. The smallest absolute Gasteiger partial charge is 0.204 e. The van der Waals surface area contributed by atoms with Crippen molar-refractivity contribution in [2.45, 2.75) is 0 Å². The molecule has 0 atom stereocenters. The normalized spacial score (nSPS) is 10.1. The van der Waals surface area contributed by atoms with Crippen LogP contribution < -0.4 is 0 Å². The highest BCUT2D eigenvalue weighted by atomic mass is 79.9. The summed E-state index contributed by atoms with van der Waals surface area (Å²) in [5.74, 6) is 1.30. The fourth-order valence-corrected chi connectivity index (χ4v) is 4.18. The molecule has 0 bridgehead atoms. The second-order valence-electron chi connectivity index (χ2n) is 7.20. The summed E-state index contributed by atoms with van der Waals surface area (Å²) in [6.45, 7) is 6.67. The zero-order valence-corrected chi connectivity index (χ0v) is 26.5.